The van der Waals surface area contributed by atoms with Crippen LogP contribution < -0.4 is 5.32 Å². The monoisotopic (exact) mass is 412 g/mol. The van der Waals surface area contributed by atoms with E-state index in [1.54, 1.807) is 6.07 Å². The summed E-state index contributed by atoms with van der Waals surface area (Å²) >= 11 is 0. The first-order chi connectivity index (χ1) is 13.2. The van der Waals surface area contributed by atoms with Gasteiger partial charge in [0.25, 0.3) is 0 Å². The number of hydrogen-bond donors (Lipinski definition) is 1. The summed E-state index contributed by atoms with van der Waals surface area (Å²) in [5, 5.41) is 2.59. The van der Waals surface area contributed by atoms with Crippen LogP contribution in [0.1, 0.15) is 24.0 Å². The van der Waals surface area contributed by atoms with Gasteiger partial charge in [0.05, 0.1) is 16.9 Å². The van der Waals surface area contributed by atoms with Gasteiger partial charge in [-0.15, -0.1) is 0 Å². The summed E-state index contributed by atoms with van der Waals surface area (Å²) in [6.45, 7) is 0.958. The third-order valence-corrected chi connectivity index (χ3v) is 6.36. The van der Waals surface area contributed by atoms with Crippen molar-refractivity contribution in [2.24, 2.45) is 0 Å². The van der Waals surface area contributed by atoms with E-state index in [0.29, 0.717) is 24.3 Å². The fourth-order valence-corrected chi connectivity index (χ4v) is 4.58. The number of anilines is 1. The van der Waals surface area contributed by atoms with Gasteiger partial charge in [0, 0.05) is 18.8 Å². The Labute approximate surface area is 161 Å². The van der Waals surface area contributed by atoms with Gasteiger partial charge in [-0.05, 0) is 48.7 Å². The van der Waals surface area contributed by atoms with E-state index < -0.39 is 27.7 Å². The van der Waals surface area contributed by atoms with Crippen LogP contribution in [-0.2, 0) is 27.4 Å². The number of carbonyl (C=O) groups excluding carboxylic acids is 1. The zero-order valence-electron chi connectivity index (χ0n) is 14.9. The number of sulfonamides is 1. The summed E-state index contributed by atoms with van der Waals surface area (Å²) in [6.07, 6.45) is -2.91. The summed E-state index contributed by atoms with van der Waals surface area (Å²) in [6, 6.07) is 10.3. The third kappa shape index (κ3) is 4.71. The van der Waals surface area contributed by atoms with Gasteiger partial charge in [-0.1, -0.05) is 18.2 Å². The van der Waals surface area contributed by atoms with E-state index in [4.69, 9.17) is 0 Å². The second-order valence-corrected chi connectivity index (χ2v) is 8.50. The molecule has 0 atom stereocenters. The summed E-state index contributed by atoms with van der Waals surface area (Å²) in [7, 11) is -3.60. The van der Waals surface area contributed by atoms with Crippen molar-refractivity contribution >= 4 is 21.6 Å². The van der Waals surface area contributed by atoms with Crippen LogP contribution in [0.4, 0.5) is 18.9 Å². The second kappa shape index (κ2) is 7.92. The van der Waals surface area contributed by atoms with E-state index >= 15 is 0 Å². The molecule has 0 aromatic heterocycles. The first-order valence-electron chi connectivity index (χ1n) is 8.72. The van der Waals surface area contributed by atoms with Crippen LogP contribution in [0.25, 0.3) is 0 Å². The fourth-order valence-electron chi connectivity index (χ4n) is 3.01. The number of benzene rings is 2. The van der Waals surface area contributed by atoms with Crippen molar-refractivity contribution in [2.45, 2.75) is 30.3 Å². The predicted octanol–water partition coefficient (Wildman–Crippen LogP) is 3.67. The largest absolute Gasteiger partial charge is 0.416 e. The normalized spacial score (nSPS) is 15.5. The number of alkyl halides is 3. The molecule has 0 bridgehead atoms. The summed E-state index contributed by atoms with van der Waals surface area (Å²) in [5.74, 6) is -0.449. The molecule has 1 N–H and O–H groups in total. The lowest BCUT2D eigenvalue weighted by molar-refractivity contribution is -0.137. The van der Waals surface area contributed by atoms with E-state index in [0.717, 1.165) is 25.0 Å². The number of hydrogen-bond acceptors (Lipinski definition) is 3. The molecule has 1 aliphatic heterocycles. The summed E-state index contributed by atoms with van der Waals surface area (Å²) in [4.78, 5) is 12.3. The van der Waals surface area contributed by atoms with Gasteiger partial charge in [-0.3, -0.25) is 4.79 Å². The highest BCUT2D eigenvalue weighted by atomic mass is 32.2. The second-order valence-electron chi connectivity index (χ2n) is 6.56. The van der Waals surface area contributed by atoms with Crippen molar-refractivity contribution in [3.8, 4) is 0 Å². The van der Waals surface area contributed by atoms with E-state index in [1.165, 1.54) is 34.6 Å². The topological polar surface area (TPSA) is 66.5 Å². The van der Waals surface area contributed by atoms with Crippen molar-refractivity contribution in [1.29, 1.82) is 0 Å². The molecule has 1 aliphatic rings. The maximum atomic E-state index is 12.6. The third-order valence-electron chi connectivity index (χ3n) is 4.47. The smallest absolute Gasteiger partial charge is 0.326 e. The zero-order valence-corrected chi connectivity index (χ0v) is 15.7. The minimum atomic E-state index is -4.43. The number of nitrogens with zero attached hydrogens (tertiary/aromatic N) is 1. The predicted molar refractivity (Wildman–Crippen MR) is 98.2 cm³/mol. The fraction of sp³-hybridized carbons (Fsp3) is 0.316. The molecular formula is C19H19F3N2O3S. The molecule has 3 rings (SSSR count). The highest BCUT2D eigenvalue weighted by Crippen LogP contribution is 2.29. The molecule has 1 fully saturated rings. The lowest BCUT2D eigenvalue weighted by Crippen LogP contribution is -2.28. The molecule has 1 amide bonds. The SMILES string of the molecule is O=C(Cc1ccc(C(F)(F)F)cc1)Nc1cccc(S(=O)(=O)N2CCCC2)c1. The van der Waals surface area contributed by atoms with Gasteiger partial charge in [0.2, 0.25) is 15.9 Å². The molecule has 0 unspecified atom stereocenters. The molecule has 9 heteroatoms. The van der Waals surface area contributed by atoms with Crippen molar-refractivity contribution < 1.29 is 26.4 Å². The van der Waals surface area contributed by atoms with Crippen molar-refractivity contribution in [3.05, 3.63) is 59.7 Å². The number of carbonyl (C=O) groups is 1. The van der Waals surface area contributed by atoms with Crippen LogP contribution in [0.3, 0.4) is 0 Å². The van der Waals surface area contributed by atoms with Gasteiger partial charge in [0.1, 0.15) is 0 Å². The molecule has 150 valence electrons. The maximum Gasteiger partial charge on any atom is 0.416 e. The van der Waals surface area contributed by atoms with E-state index in [-0.39, 0.29) is 11.3 Å². The Morgan fingerprint density at radius 2 is 1.68 bits per heavy atom. The van der Waals surface area contributed by atoms with Crippen LogP contribution in [-0.4, -0.2) is 31.7 Å². The quantitative estimate of drug-likeness (QED) is 0.815. The average Bonchev–Trinajstić information content (AvgIpc) is 3.17. The number of halogens is 3. The van der Waals surface area contributed by atoms with Crippen molar-refractivity contribution in [2.75, 3.05) is 18.4 Å². The molecule has 2 aromatic rings. The lowest BCUT2D eigenvalue weighted by atomic mass is 10.1. The first-order valence-corrected chi connectivity index (χ1v) is 10.2. The number of amides is 1. The highest BCUT2D eigenvalue weighted by Gasteiger charge is 2.30. The van der Waals surface area contributed by atoms with E-state index in [1.807, 2.05) is 0 Å². The standard InChI is InChI=1S/C19H19F3N2O3S/c20-19(21,22)15-8-6-14(7-9-15)12-18(25)23-16-4-3-5-17(13-16)28(26,27)24-10-1-2-11-24/h3-9,13H,1-2,10-12H2,(H,23,25). The summed E-state index contributed by atoms with van der Waals surface area (Å²) < 4.78 is 64.4. The molecule has 0 spiro atoms. The maximum absolute atomic E-state index is 12.6. The van der Waals surface area contributed by atoms with Crippen LogP contribution in [0, 0.1) is 0 Å². The molecule has 5 nitrogen and oxygen atoms in total. The zero-order chi connectivity index (χ0) is 20.4. The Bertz CT molecular complexity index is 951. The Hall–Kier alpha value is -2.39. The van der Waals surface area contributed by atoms with Crippen LogP contribution in [0.2, 0.25) is 0 Å². The van der Waals surface area contributed by atoms with E-state index in [2.05, 4.69) is 5.32 Å². The van der Waals surface area contributed by atoms with Gasteiger partial charge >= 0.3 is 6.18 Å². The van der Waals surface area contributed by atoms with Gasteiger partial charge < -0.3 is 5.32 Å². The minimum Gasteiger partial charge on any atom is -0.326 e. The molecule has 0 saturated carbocycles. The molecule has 0 aliphatic carbocycles. The highest BCUT2D eigenvalue weighted by molar-refractivity contribution is 7.89. The van der Waals surface area contributed by atoms with Crippen LogP contribution >= 0.6 is 0 Å². The first kappa shape index (κ1) is 20.3. The average molecular weight is 412 g/mol. The molecule has 2 aromatic carbocycles. The molecule has 1 heterocycles. The number of rotatable bonds is 5. The molecule has 0 radical (unpaired) electrons. The Balaban J connectivity index is 1.67. The Morgan fingerprint density at radius 1 is 1.04 bits per heavy atom. The Kier molecular flexibility index (Phi) is 5.76. The Morgan fingerprint density at radius 3 is 2.29 bits per heavy atom. The summed E-state index contributed by atoms with van der Waals surface area (Å²) in [5.41, 5.74) is -0.0417. The molecule has 28 heavy (non-hydrogen) atoms. The van der Waals surface area contributed by atoms with Crippen LogP contribution in [0.5, 0.6) is 0 Å². The van der Waals surface area contributed by atoms with Crippen molar-refractivity contribution in [3.63, 3.8) is 0 Å². The molecular weight excluding hydrogens is 393 g/mol. The van der Waals surface area contributed by atoms with Crippen LogP contribution in [0.15, 0.2) is 53.4 Å². The van der Waals surface area contributed by atoms with E-state index in [9.17, 15) is 26.4 Å². The van der Waals surface area contributed by atoms with Gasteiger partial charge in [-0.25, -0.2) is 8.42 Å². The minimum absolute atomic E-state index is 0.0988. The molecule has 1 saturated heterocycles. The van der Waals surface area contributed by atoms with Gasteiger partial charge in [-0.2, -0.15) is 17.5 Å². The lowest BCUT2D eigenvalue weighted by Gasteiger charge is -2.16. The number of nitrogens with one attached hydrogen (secondary N) is 1. The van der Waals surface area contributed by atoms with Gasteiger partial charge in [0.15, 0.2) is 0 Å². The van der Waals surface area contributed by atoms with Crippen molar-refractivity contribution in [1.82, 2.24) is 4.31 Å².